The summed E-state index contributed by atoms with van der Waals surface area (Å²) in [5.41, 5.74) is 7.04. The second-order valence-corrected chi connectivity index (χ2v) is 12.4. The minimum atomic E-state index is -4.14. The summed E-state index contributed by atoms with van der Waals surface area (Å²) < 4.78 is 44.8. The number of aliphatic hydroxyl groups excluding tert-OH is 1. The molecular formula is C28H37N3O8S. The predicted molar refractivity (Wildman–Crippen MR) is 145 cm³/mol. The Morgan fingerprint density at radius 1 is 1.07 bits per heavy atom. The zero-order valence-corrected chi connectivity index (χ0v) is 23.1. The molecule has 4 N–H and O–H groups in total. The van der Waals surface area contributed by atoms with Gasteiger partial charge in [-0.15, -0.1) is 0 Å². The lowest BCUT2D eigenvalue weighted by Gasteiger charge is -2.31. The number of carbonyl (C=O) groups is 1. The number of nitrogens with two attached hydrogens (primary N) is 1. The number of hydrogen-bond acceptors (Lipinski definition) is 9. The maximum atomic E-state index is 13.6. The highest BCUT2D eigenvalue weighted by Crippen LogP contribution is 2.33. The van der Waals surface area contributed by atoms with Crippen LogP contribution in [0.5, 0.6) is 0 Å². The van der Waals surface area contributed by atoms with E-state index in [1.165, 1.54) is 24.3 Å². The number of hydroxylamine groups is 1. The molecule has 2 saturated heterocycles. The number of amides is 1. The van der Waals surface area contributed by atoms with E-state index in [0.717, 1.165) is 42.1 Å². The molecule has 1 amide bonds. The molecule has 2 heterocycles. The number of nitrogens with one attached hydrogen (secondary N) is 1. The number of anilines is 1. The van der Waals surface area contributed by atoms with Gasteiger partial charge in [-0.2, -0.15) is 0 Å². The molecule has 11 nitrogen and oxygen atoms in total. The van der Waals surface area contributed by atoms with Gasteiger partial charge in [-0.1, -0.05) is 47.6 Å². The summed E-state index contributed by atoms with van der Waals surface area (Å²) in [5, 5.41) is 14.2. The first kappa shape index (κ1) is 28.8. The maximum Gasteiger partial charge on any atom is 0.407 e. The SMILES string of the molecule is Nc1ccc(S(=O)(=O)N(C[C@H](O)[C@H](Cc2ccccc2)NC(=O)O[C@H]2CO[C@H]3OCC[C@H]32)OC2CCCC2)cc1. The summed E-state index contributed by atoms with van der Waals surface area (Å²) >= 11 is 0. The quantitative estimate of drug-likeness (QED) is 0.271. The number of nitrogens with zero attached hydrogens (tertiary/aromatic N) is 1. The largest absolute Gasteiger partial charge is 0.443 e. The average Bonchev–Trinajstić information content (AvgIpc) is 3.70. The van der Waals surface area contributed by atoms with Crippen molar-refractivity contribution in [1.29, 1.82) is 0 Å². The van der Waals surface area contributed by atoms with Crippen molar-refractivity contribution in [3.05, 3.63) is 60.2 Å². The van der Waals surface area contributed by atoms with Gasteiger partial charge in [0.05, 0.1) is 48.8 Å². The summed E-state index contributed by atoms with van der Waals surface area (Å²) in [4.78, 5) is 19.0. The zero-order valence-electron chi connectivity index (χ0n) is 22.3. The van der Waals surface area contributed by atoms with Crippen LogP contribution in [0.15, 0.2) is 59.5 Å². The number of fused-ring (bicyclic) bond motifs is 1. The number of ether oxygens (including phenoxy) is 3. The number of nitrogen functional groups attached to an aromatic ring is 1. The highest BCUT2D eigenvalue weighted by molar-refractivity contribution is 7.89. The lowest BCUT2D eigenvalue weighted by atomic mass is 10.0. The van der Waals surface area contributed by atoms with Crippen molar-refractivity contribution in [1.82, 2.24) is 9.79 Å². The molecule has 0 spiro atoms. The van der Waals surface area contributed by atoms with Crippen molar-refractivity contribution in [2.24, 2.45) is 5.92 Å². The Morgan fingerprint density at radius 2 is 1.80 bits per heavy atom. The Balaban J connectivity index is 1.33. The molecule has 3 aliphatic rings. The van der Waals surface area contributed by atoms with E-state index in [1.807, 2.05) is 30.3 Å². The number of benzene rings is 2. The minimum absolute atomic E-state index is 0.00607. The highest BCUT2D eigenvalue weighted by atomic mass is 32.2. The van der Waals surface area contributed by atoms with E-state index in [2.05, 4.69) is 5.32 Å². The van der Waals surface area contributed by atoms with Crippen LogP contribution in [-0.2, 0) is 35.5 Å². The molecule has 2 aromatic carbocycles. The fourth-order valence-corrected chi connectivity index (χ4v) is 6.72. The Morgan fingerprint density at radius 3 is 2.52 bits per heavy atom. The molecule has 218 valence electrons. The fourth-order valence-electron chi connectivity index (χ4n) is 5.42. The third-order valence-corrected chi connectivity index (χ3v) is 9.30. The van der Waals surface area contributed by atoms with Gasteiger partial charge in [0, 0.05) is 5.69 Å². The van der Waals surface area contributed by atoms with Gasteiger partial charge in [-0.3, -0.25) is 4.84 Å². The Hall–Kier alpha value is -2.74. The van der Waals surface area contributed by atoms with E-state index in [9.17, 15) is 18.3 Å². The van der Waals surface area contributed by atoms with E-state index in [1.54, 1.807) is 0 Å². The normalized spacial score (nSPS) is 24.6. The number of hydrogen-bond donors (Lipinski definition) is 3. The molecule has 5 atom stereocenters. The Labute approximate surface area is 234 Å². The van der Waals surface area contributed by atoms with E-state index < -0.39 is 40.9 Å². The molecule has 1 aliphatic carbocycles. The van der Waals surface area contributed by atoms with Gasteiger partial charge >= 0.3 is 6.09 Å². The van der Waals surface area contributed by atoms with Crippen LogP contribution in [-0.4, -0.2) is 74.5 Å². The van der Waals surface area contributed by atoms with Gasteiger partial charge in [0.2, 0.25) is 0 Å². The molecule has 0 unspecified atom stereocenters. The molecule has 0 aromatic heterocycles. The van der Waals surface area contributed by atoms with Crippen molar-refractivity contribution < 1.29 is 37.4 Å². The first-order chi connectivity index (χ1) is 19.3. The molecule has 3 fully saturated rings. The van der Waals surface area contributed by atoms with Crippen LogP contribution in [0.4, 0.5) is 10.5 Å². The van der Waals surface area contributed by atoms with Gasteiger partial charge in [0.1, 0.15) is 6.10 Å². The van der Waals surface area contributed by atoms with Gasteiger partial charge in [-0.05, 0) is 55.5 Å². The Kier molecular flexibility index (Phi) is 9.24. The predicted octanol–water partition coefficient (Wildman–Crippen LogP) is 2.59. The zero-order chi connectivity index (χ0) is 28.1. The molecular weight excluding hydrogens is 538 g/mol. The summed E-state index contributed by atoms with van der Waals surface area (Å²) in [6.45, 7) is 0.384. The van der Waals surface area contributed by atoms with Crippen LogP contribution in [0, 0.1) is 5.92 Å². The van der Waals surface area contributed by atoms with E-state index in [-0.39, 0.29) is 36.2 Å². The number of carbonyl (C=O) groups excluding carboxylic acids is 1. The molecule has 5 rings (SSSR count). The average molecular weight is 576 g/mol. The fraction of sp³-hybridized carbons (Fsp3) is 0.536. The maximum absolute atomic E-state index is 13.6. The third-order valence-electron chi connectivity index (χ3n) is 7.66. The first-order valence-electron chi connectivity index (χ1n) is 13.8. The monoisotopic (exact) mass is 575 g/mol. The molecule has 2 aliphatic heterocycles. The van der Waals surface area contributed by atoms with Crippen LogP contribution in [0.25, 0.3) is 0 Å². The van der Waals surface area contributed by atoms with Crippen LogP contribution >= 0.6 is 0 Å². The first-order valence-corrected chi connectivity index (χ1v) is 15.2. The van der Waals surface area contributed by atoms with Crippen molar-refractivity contribution in [3.8, 4) is 0 Å². The van der Waals surface area contributed by atoms with Crippen molar-refractivity contribution in [2.75, 3.05) is 25.5 Å². The molecule has 40 heavy (non-hydrogen) atoms. The van der Waals surface area contributed by atoms with E-state index >= 15 is 0 Å². The topological polar surface area (TPSA) is 150 Å². The number of rotatable bonds is 11. The number of aliphatic hydroxyl groups is 1. The summed E-state index contributed by atoms with van der Waals surface area (Å²) in [6, 6.07) is 14.3. The van der Waals surface area contributed by atoms with Crippen molar-refractivity contribution in [2.45, 2.75) is 74.1 Å². The highest BCUT2D eigenvalue weighted by Gasteiger charge is 2.44. The standard InChI is InChI=1S/C28H37N3O8S/c29-20-10-12-22(13-11-20)40(34,35)31(39-21-8-4-5-9-21)17-25(32)24(16-19-6-2-1-3-7-19)30-28(33)38-26-18-37-27-23(26)14-15-36-27/h1-3,6-7,10-13,21,23-27,32H,4-5,8-9,14-18,29H2,(H,30,33)/t23-,24-,25-,26-,27+/m0/s1. The smallest absolute Gasteiger partial charge is 0.407 e. The lowest BCUT2D eigenvalue weighted by molar-refractivity contribution is -0.145. The van der Waals surface area contributed by atoms with Crippen LogP contribution < -0.4 is 11.1 Å². The summed E-state index contributed by atoms with van der Waals surface area (Å²) in [5.74, 6) is -0.0383. The van der Waals surface area contributed by atoms with Gasteiger partial charge in [0.15, 0.2) is 6.29 Å². The summed E-state index contributed by atoms with van der Waals surface area (Å²) in [6.07, 6.45) is 1.13. The van der Waals surface area contributed by atoms with Gasteiger partial charge < -0.3 is 30.4 Å². The molecule has 0 radical (unpaired) electrons. The van der Waals surface area contributed by atoms with Gasteiger partial charge in [0.25, 0.3) is 10.0 Å². The number of alkyl carbamates (subject to hydrolysis) is 1. The van der Waals surface area contributed by atoms with Gasteiger partial charge in [-0.25, -0.2) is 13.2 Å². The minimum Gasteiger partial charge on any atom is -0.443 e. The van der Waals surface area contributed by atoms with Crippen molar-refractivity contribution in [3.63, 3.8) is 0 Å². The van der Waals surface area contributed by atoms with Crippen LogP contribution in [0.2, 0.25) is 0 Å². The molecule has 1 saturated carbocycles. The molecule has 2 aromatic rings. The molecule has 12 heteroatoms. The van der Waals surface area contributed by atoms with Crippen LogP contribution in [0.1, 0.15) is 37.7 Å². The summed E-state index contributed by atoms with van der Waals surface area (Å²) in [7, 11) is -4.14. The van der Waals surface area contributed by atoms with E-state index in [4.69, 9.17) is 24.8 Å². The lowest BCUT2D eigenvalue weighted by Crippen LogP contribution is -2.51. The third kappa shape index (κ3) is 6.93. The molecule has 0 bridgehead atoms. The second-order valence-electron chi connectivity index (χ2n) is 10.5. The Bertz CT molecular complexity index is 1220. The number of sulfonamides is 1. The second kappa shape index (κ2) is 12.8. The van der Waals surface area contributed by atoms with Crippen LogP contribution in [0.3, 0.4) is 0 Å². The van der Waals surface area contributed by atoms with Crippen molar-refractivity contribution >= 4 is 21.8 Å². The van der Waals surface area contributed by atoms with E-state index in [0.29, 0.717) is 12.3 Å².